The van der Waals surface area contributed by atoms with Crippen LogP contribution in [0.15, 0.2) is 36.5 Å². The SMILES string of the molecule is CNC(=O)c1cccc(-c2cnc3nc([C@H]4CCN(C#N)C4)[nH]c3c2)c1. The number of aromatic amines is 1. The van der Waals surface area contributed by atoms with Crippen LogP contribution in [0.25, 0.3) is 22.3 Å². The van der Waals surface area contributed by atoms with Gasteiger partial charge in [-0.3, -0.25) is 4.79 Å². The first kappa shape index (κ1) is 16.1. The summed E-state index contributed by atoms with van der Waals surface area (Å²) in [6.07, 6.45) is 4.87. The Hall–Kier alpha value is -3.40. The predicted octanol–water partition coefficient (Wildman–Crippen LogP) is 2.25. The van der Waals surface area contributed by atoms with Gasteiger partial charge in [-0.05, 0) is 30.2 Å². The van der Waals surface area contributed by atoms with E-state index in [1.54, 1.807) is 24.2 Å². The van der Waals surface area contributed by atoms with Crippen LogP contribution in [0.2, 0.25) is 0 Å². The van der Waals surface area contributed by atoms with Gasteiger partial charge in [-0.2, -0.15) is 5.26 Å². The van der Waals surface area contributed by atoms with Crippen molar-refractivity contribution in [2.45, 2.75) is 12.3 Å². The normalized spacial score (nSPS) is 16.6. The number of nitriles is 1. The molecule has 7 heteroatoms. The van der Waals surface area contributed by atoms with Crippen LogP contribution in [0.5, 0.6) is 0 Å². The maximum Gasteiger partial charge on any atom is 0.251 e. The number of hydrogen-bond acceptors (Lipinski definition) is 5. The molecule has 1 amide bonds. The second kappa shape index (κ2) is 6.48. The molecule has 0 radical (unpaired) electrons. The van der Waals surface area contributed by atoms with E-state index in [0.29, 0.717) is 17.8 Å². The van der Waals surface area contributed by atoms with Crippen LogP contribution in [0.3, 0.4) is 0 Å². The number of carbonyl (C=O) groups is 1. The second-order valence-electron chi connectivity index (χ2n) is 6.41. The number of hydrogen-bond donors (Lipinski definition) is 2. The number of likely N-dealkylation sites (tertiary alicyclic amines) is 1. The van der Waals surface area contributed by atoms with Crippen molar-refractivity contribution in [2.75, 3.05) is 20.1 Å². The molecule has 1 aromatic carbocycles. The smallest absolute Gasteiger partial charge is 0.251 e. The molecule has 0 bridgehead atoms. The van der Waals surface area contributed by atoms with E-state index in [9.17, 15) is 4.79 Å². The lowest BCUT2D eigenvalue weighted by molar-refractivity contribution is 0.0963. The minimum Gasteiger partial charge on any atom is -0.355 e. The third kappa shape index (κ3) is 2.86. The van der Waals surface area contributed by atoms with E-state index in [2.05, 4.69) is 26.5 Å². The molecule has 2 aromatic heterocycles. The molecule has 2 N–H and O–H groups in total. The van der Waals surface area contributed by atoms with Gasteiger partial charge in [-0.15, -0.1) is 0 Å². The summed E-state index contributed by atoms with van der Waals surface area (Å²) in [5.74, 6) is 0.985. The Morgan fingerprint density at radius 3 is 3.04 bits per heavy atom. The molecule has 1 aliphatic rings. The molecule has 26 heavy (non-hydrogen) atoms. The number of nitrogens with one attached hydrogen (secondary N) is 2. The van der Waals surface area contributed by atoms with Gasteiger partial charge in [0.2, 0.25) is 0 Å². The van der Waals surface area contributed by atoms with Crippen molar-refractivity contribution in [2.24, 2.45) is 0 Å². The average molecular weight is 346 g/mol. The van der Waals surface area contributed by atoms with E-state index in [4.69, 9.17) is 5.26 Å². The topological polar surface area (TPSA) is 97.7 Å². The molecule has 1 fully saturated rings. The fourth-order valence-corrected chi connectivity index (χ4v) is 3.33. The van der Waals surface area contributed by atoms with E-state index in [0.717, 1.165) is 35.4 Å². The third-order valence-corrected chi connectivity index (χ3v) is 4.76. The molecule has 0 unspecified atom stereocenters. The van der Waals surface area contributed by atoms with Gasteiger partial charge in [-0.1, -0.05) is 12.1 Å². The lowest BCUT2D eigenvalue weighted by Crippen LogP contribution is -2.17. The summed E-state index contributed by atoms with van der Waals surface area (Å²) in [5.41, 5.74) is 3.98. The fraction of sp³-hybridized carbons (Fsp3) is 0.263. The summed E-state index contributed by atoms with van der Waals surface area (Å²) in [6, 6.07) is 9.44. The lowest BCUT2D eigenvalue weighted by Gasteiger charge is -2.05. The van der Waals surface area contributed by atoms with Crippen molar-refractivity contribution in [3.63, 3.8) is 0 Å². The lowest BCUT2D eigenvalue weighted by atomic mass is 10.0. The minimum atomic E-state index is -0.118. The zero-order valence-corrected chi connectivity index (χ0v) is 14.4. The van der Waals surface area contributed by atoms with Crippen molar-refractivity contribution in [1.82, 2.24) is 25.2 Å². The highest BCUT2D eigenvalue weighted by molar-refractivity contribution is 5.95. The van der Waals surface area contributed by atoms with Gasteiger partial charge in [-0.25, -0.2) is 9.97 Å². The van der Waals surface area contributed by atoms with Crippen LogP contribution in [-0.2, 0) is 0 Å². The number of amides is 1. The van der Waals surface area contributed by atoms with Crippen molar-refractivity contribution < 1.29 is 4.79 Å². The van der Waals surface area contributed by atoms with E-state index < -0.39 is 0 Å². The zero-order chi connectivity index (χ0) is 18.1. The summed E-state index contributed by atoms with van der Waals surface area (Å²) >= 11 is 0. The van der Waals surface area contributed by atoms with Crippen LogP contribution in [0, 0.1) is 11.5 Å². The standard InChI is InChI=1S/C19H18N6O/c1-21-19(26)13-4-2-3-12(7-13)15-8-16-18(22-9-15)24-17(23-16)14-5-6-25(10-14)11-20/h2-4,7-9,14H,5-6,10H2,1H3,(H,21,26)(H,22,23,24)/t14-/m0/s1. The van der Waals surface area contributed by atoms with Crippen LogP contribution in [0.1, 0.15) is 28.5 Å². The Labute approximate surface area is 150 Å². The van der Waals surface area contributed by atoms with Crippen LogP contribution in [0.4, 0.5) is 0 Å². The van der Waals surface area contributed by atoms with Gasteiger partial charge in [0.05, 0.1) is 5.52 Å². The highest BCUT2D eigenvalue weighted by Gasteiger charge is 2.25. The van der Waals surface area contributed by atoms with Gasteiger partial charge in [0.25, 0.3) is 5.91 Å². The number of aromatic nitrogens is 3. The third-order valence-electron chi connectivity index (χ3n) is 4.76. The maximum atomic E-state index is 11.8. The van der Waals surface area contributed by atoms with Gasteiger partial charge in [0, 0.05) is 43.4 Å². The molecule has 3 heterocycles. The highest BCUT2D eigenvalue weighted by atomic mass is 16.1. The van der Waals surface area contributed by atoms with Crippen molar-refractivity contribution in [1.29, 1.82) is 5.26 Å². The molecular weight excluding hydrogens is 328 g/mol. The molecule has 0 aliphatic carbocycles. The number of benzene rings is 1. The Morgan fingerprint density at radius 2 is 2.27 bits per heavy atom. The Bertz CT molecular complexity index is 1020. The molecule has 7 nitrogen and oxygen atoms in total. The van der Waals surface area contributed by atoms with Crippen LogP contribution >= 0.6 is 0 Å². The second-order valence-corrected chi connectivity index (χ2v) is 6.41. The Morgan fingerprint density at radius 1 is 1.38 bits per heavy atom. The first-order chi connectivity index (χ1) is 12.7. The van der Waals surface area contributed by atoms with E-state index in [-0.39, 0.29) is 11.8 Å². The molecular formula is C19H18N6O. The minimum absolute atomic E-state index is 0.118. The predicted molar refractivity (Wildman–Crippen MR) is 97.3 cm³/mol. The number of carbonyl (C=O) groups excluding carboxylic acids is 1. The van der Waals surface area contributed by atoms with Crippen LogP contribution < -0.4 is 5.32 Å². The van der Waals surface area contributed by atoms with Gasteiger partial charge < -0.3 is 15.2 Å². The quantitative estimate of drug-likeness (QED) is 0.709. The highest BCUT2D eigenvalue weighted by Crippen LogP contribution is 2.28. The molecule has 130 valence electrons. The number of pyridine rings is 1. The summed E-state index contributed by atoms with van der Waals surface area (Å²) < 4.78 is 0. The number of H-pyrrole nitrogens is 1. The average Bonchev–Trinajstić information content (AvgIpc) is 3.33. The molecule has 1 saturated heterocycles. The zero-order valence-electron chi connectivity index (χ0n) is 14.4. The van der Waals surface area contributed by atoms with Gasteiger partial charge in [0.1, 0.15) is 5.82 Å². The van der Waals surface area contributed by atoms with Gasteiger partial charge in [0.15, 0.2) is 11.8 Å². The van der Waals surface area contributed by atoms with Gasteiger partial charge >= 0.3 is 0 Å². The summed E-state index contributed by atoms with van der Waals surface area (Å²) in [6.45, 7) is 1.46. The van der Waals surface area contributed by atoms with E-state index in [1.807, 2.05) is 24.3 Å². The summed E-state index contributed by atoms with van der Waals surface area (Å²) in [7, 11) is 1.62. The fourth-order valence-electron chi connectivity index (χ4n) is 3.33. The number of nitrogens with zero attached hydrogens (tertiary/aromatic N) is 4. The molecule has 1 aliphatic heterocycles. The first-order valence-electron chi connectivity index (χ1n) is 8.51. The van der Waals surface area contributed by atoms with Crippen molar-refractivity contribution >= 4 is 17.1 Å². The Kier molecular flexibility index (Phi) is 4.01. The number of imidazole rings is 1. The Balaban J connectivity index is 1.66. The molecule has 3 aromatic rings. The van der Waals surface area contributed by atoms with Crippen molar-refractivity contribution in [3.05, 3.63) is 47.9 Å². The monoisotopic (exact) mass is 346 g/mol. The molecule has 0 spiro atoms. The maximum absolute atomic E-state index is 11.8. The van der Waals surface area contributed by atoms with E-state index >= 15 is 0 Å². The summed E-state index contributed by atoms with van der Waals surface area (Å²) in [5, 5.41) is 11.7. The first-order valence-corrected chi connectivity index (χ1v) is 8.51. The summed E-state index contributed by atoms with van der Waals surface area (Å²) in [4.78, 5) is 26.0. The van der Waals surface area contributed by atoms with Crippen LogP contribution in [-0.4, -0.2) is 45.9 Å². The van der Waals surface area contributed by atoms with Crippen molar-refractivity contribution in [3.8, 4) is 17.3 Å². The largest absolute Gasteiger partial charge is 0.355 e. The molecule has 1 atom stereocenters. The number of rotatable bonds is 3. The number of fused-ring (bicyclic) bond motifs is 1. The van der Waals surface area contributed by atoms with E-state index in [1.165, 1.54) is 0 Å². The molecule has 4 rings (SSSR count). The molecule has 0 saturated carbocycles.